The van der Waals surface area contributed by atoms with Crippen molar-refractivity contribution >= 4 is 33.5 Å². The molecule has 0 atom stereocenters. The van der Waals surface area contributed by atoms with Gasteiger partial charge in [0.1, 0.15) is 11.0 Å². The first-order chi connectivity index (χ1) is 13.4. The number of benzene rings is 2. The number of hydrogen-bond donors (Lipinski definition) is 0. The Morgan fingerprint density at radius 1 is 0.750 bits per heavy atom. The summed E-state index contributed by atoms with van der Waals surface area (Å²) in [6.07, 6.45) is 0. The van der Waals surface area contributed by atoms with Crippen LogP contribution in [0.4, 0.5) is 0 Å². The molecule has 28 heavy (non-hydrogen) atoms. The molecule has 2 aromatic carbocycles. The van der Waals surface area contributed by atoms with Gasteiger partial charge in [0.2, 0.25) is 11.8 Å². The molecule has 4 nitrogen and oxygen atoms in total. The van der Waals surface area contributed by atoms with Crippen molar-refractivity contribution in [3.63, 3.8) is 0 Å². The van der Waals surface area contributed by atoms with E-state index < -0.39 is 0 Å². The van der Waals surface area contributed by atoms with Crippen LogP contribution in [-0.2, 0) is 5.41 Å². The molecule has 3 aromatic heterocycles. The Hall–Kier alpha value is -2.92. The quantitative estimate of drug-likeness (QED) is 0.328. The molecule has 0 aliphatic heterocycles. The lowest BCUT2D eigenvalue weighted by Gasteiger charge is -2.18. The lowest BCUT2D eigenvalue weighted by molar-refractivity contribution is 0.590. The van der Waals surface area contributed by atoms with Gasteiger partial charge in [-0.25, -0.2) is 9.97 Å². The second-order valence-electron chi connectivity index (χ2n) is 8.11. The minimum atomic E-state index is 0.0781. The van der Waals surface area contributed by atoms with Crippen LogP contribution in [0.15, 0.2) is 57.4 Å². The van der Waals surface area contributed by atoms with Gasteiger partial charge in [-0.3, -0.25) is 0 Å². The van der Waals surface area contributed by atoms with Gasteiger partial charge >= 0.3 is 0 Å². The summed E-state index contributed by atoms with van der Waals surface area (Å²) in [4.78, 5) is 11.3. The third-order valence-corrected chi connectivity index (χ3v) is 5.89. The van der Waals surface area contributed by atoms with Crippen LogP contribution in [0.1, 0.15) is 31.9 Å². The maximum atomic E-state index is 5.99. The van der Waals surface area contributed by atoms with Crippen molar-refractivity contribution in [2.24, 2.45) is 0 Å². The van der Waals surface area contributed by atoms with Crippen LogP contribution in [0.3, 0.4) is 0 Å². The predicted molar refractivity (Wildman–Crippen MR) is 114 cm³/mol. The van der Waals surface area contributed by atoms with Crippen molar-refractivity contribution in [3.05, 3.63) is 59.7 Å². The van der Waals surface area contributed by atoms with Crippen LogP contribution in [0.2, 0.25) is 0 Å². The Bertz CT molecular complexity index is 1320. The van der Waals surface area contributed by atoms with Crippen molar-refractivity contribution < 1.29 is 8.83 Å². The Labute approximate surface area is 166 Å². The van der Waals surface area contributed by atoms with Crippen molar-refractivity contribution in [1.29, 1.82) is 0 Å². The van der Waals surface area contributed by atoms with Gasteiger partial charge < -0.3 is 8.83 Å². The number of aryl methyl sites for hydroxylation is 1. The van der Waals surface area contributed by atoms with E-state index >= 15 is 0 Å². The third kappa shape index (κ3) is 2.92. The Balaban J connectivity index is 1.53. The molecule has 0 radical (unpaired) electrons. The van der Waals surface area contributed by atoms with E-state index in [2.05, 4.69) is 44.8 Å². The molecular weight excluding hydrogens is 368 g/mol. The molecule has 5 heteroatoms. The Morgan fingerprint density at radius 2 is 1.32 bits per heavy atom. The van der Waals surface area contributed by atoms with E-state index in [9.17, 15) is 0 Å². The van der Waals surface area contributed by atoms with E-state index in [4.69, 9.17) is 13.8 Å². The molecule has 0 fully saturated rings. The molecule has 0 amide bonds. The largest absolute Gasteiger partial charge is 0.435 e. The number of oxazole rings is 2. The van der Waals surface area contributed by atoms with E-state index in [-0.39, 0.29) is 5.41 Å². The zero-order valence-electron chi connectivity index (χ0n) is 16.2. The molecule has 0 saturated carbocycles. The van der Waals surface area contributed by atoms with Gasteiger partial charge in [0.15, 0.2) is 11.2 Å². The SMILES string of the molecule is Cc1ccc2oc(-c3ccc(-c4nc5cc(C(C)(C)C)ccc5o4)s3)nc2c1. The molecule has 0 aliphatic carbocycles. The zero-order valence-corrected chi connectivity index (χ0v) is 17.1. The summed E-state index contributed by atoms with van der Waals surface area (Å²) in [7, 11) is 0. The summed E-state index contributed by atoms with van der Waals surface area (Å²) in [6, 6.07) is 16.3. The smallest absolute Gasteiger partial charge is 0.237 e. The molecule has 5 rings (SSSR count). The molecule has 0 saturated heterocycles. The first-order valence-electron chi connectivity index (χ1n) is 9.26. The summed E-state index contributed by atoms with van der Waals surface area (Å²) in [5.74, 6) is 1.26. The second-order valence-corrected chi connectivity index (χ2v) is 9.19. The van der Waals surface area contributed by atoms with E-state index in [0.29, 0.717) is 11.8 Å². The average Bonchev–Trinajstić information content (AvgIpc) is 3.36. The van der Waals surface area contributed by atoms with Gasteiger partial charge in [-0.15, -0.1) is 11.3 Å². The normalized spacial score (nSPS) is 12.3. The van der Waals surface area contributed by atoms with Crippen LogP contribution in [-0.4, -0.2) is 9.97 Å². The standard InChI is InChI=1S/C23H20N2O2S/c1-13-5-7-17-15(11-13)24-21(26-17)19-9-10-20(28-19)22-25-16-12-14(23(2,3)4)6-8-18(16)27-22/h5-12H,1-4H3. The Kier molecular flexibility index (Phi) is 3.71. The molecule has 0 N–H and O–H groups in total. The fourth-order valence-electron chi connectivity index (χ4n) is 3.21. The van der Waals surface area contributed by atoms with Gasteiger partial charge in [0.05, 0.1) is 9.75 Å². The number of rotatable bonds is 2. The molecule has 0 bridgehead atoms. The molecular formula is C23H20N2O2S. The van der Waals surface area contributed by atoms with Gasteiger partial charge in [-0.1, -0.05) is 32.9 Å². The van der Waals surface area contributed by atoms with E-state index in [1.54, 1.807) is 11.3 Å². The number of thiophene rings is 1. The summed E-state index contributed by atoms with van der Waals surface area (Å²) in [6.45, 7) is 8.64. The first kappa shape index (κ1) is 17.2. The zero-order chi connectivity index (χ0) is 19.5. The molecule has 0 unspecified atom stereocenters. The number of fused-ring (bicyclic) bond motifs is 2. The number of hydrogen-bond acceptors (Lipinski definition) is 5. The molecule has 0 spiro atoms. The van der Waals surface area contributed by atoms with Crippen LogP contribution in [0.25, 0.3) is 43.7 Å². The summed E-state index contributed by atoms with van der Waals surface area (Å²) < 4.78 is 11.9. The van der Waals surface area contributed by atoms with Gasteiger partial charge in [0, 0.05) is 0 Å². The fourth-order valence-corrected chi connectivity index (χ4v) is 4.07. The molecule has 0 aliphatic rings. The molecule has 5 aromatic rings. The average molecular weight is 388 g/mol. The van der Waals surface area contributed by atoms with Gasteiger partial charge in [0.25, 0.3) is 0 Å². The van der Waals surface area contributed by atoms with Crippen molar-refractivity contribution in [1.82, 2.24) is 9.97 Å². The number of nitrogens with zero attached hydrogens (tertiary/aromatic N) is 2. The highest BCUT2D eigenvalue weighted by Crippen LogP contribution is 2.37. The van der Waals surface area contributed by atoms with Crippen LogP contribution in [0.5, 0.6) is 0 Å². The number of aromatic nitrogens is 2. The maximum Gasteiger partial charge on any atom is 0.237 e. The molecule has 140 valence electrons. The summed E-state index contributed by atoms with van der Waals surface area (Å²) in [5.41, 5.74) is 5.85. The maximum absolute atomic E-state index is 5.99. The van der Waals surface area contributed by atoms with Crippen molar-refractivity contribution in [2.75, 3.05) is 0 Å². The summed E-state index contributed by atoms with van der Waals surface area (Å²) >= 11 is 1.57. The lowest BCUT2D eigenvalue weighted by atomic mass is 9.87. The van der Waals surface area contributed by atoms with Crippen molar-refractivity contribution in [2.45, 2.75) is 33.1 Å². The second kappa shape index (κ2) is 6.04. The van der Waals surface area contributed by atoms with Gasteiger partial charge in [-0.2, -0.15) is 0 Å². The Morgan fingerprint density at radius 3 is 1.93 bits per heavy atom. The monoisotopic (exact) mass is 388 g/mol. The highest BCUT2D eigenvalue weighted by atomic mass is 32.1. The van der Waals surface area contributed by atoms with Crippen LogP contribution >= 0.6 is 11.3 Å². The first-order valence-corrected chi connectivity index (χ1v) is 10.1. The highest BCUT2D eigenvalue weighted by Gasteiger charge is 2.18. The van der Waals surface area contributed by atoms with E-state index in [1.165, 1.54) is 11.1 Å². The highest BCUT2D eigenvalue weighted by molar-refractivity contribution is 7.18. The van der Waals surface area contributed by atoms with E-state index in [1.807, 2.05) is 36.4 Å². The third-order valence-electron chi connectivity index (χ3n) is 4.82. The lowest BCUT2D eigenvalue weighted by Crippen LogP contribution is -2.10. The van der Waals surface area contributed by atoms with E-state index in [0.717, 1.165) is 32.0 Å². The van der Waals surface area contributed by atoms with Crippen LogP contribution < -0.4 is 0 Å². The van der Waals surface area contributed by atoms with Gasteiger partial charge in [-0.05, 0) is 59.9 Å². The topological polar surface area (TPSA) is 52.1 Å². The van der Waals surface area contributed by atoms with Crippen molar-refractivity contribution in [3.8, 4) is 21.5 Å². The minimum Gasteiger partial charge on any atom is -0.435 e. The predicted octanol–water partition coefficient (Wildman–Crippen LogP) is 6.97. The minimum absolute atomic E-state index is 0.0781. The summed E-state index contributed by atoms with van der Waals surface area (Å²) in [5, 5.41) is 0. The molecule has 3 heterocycles. The fraction of sp³-hybridized carbons (Fsp3) is 0.217. The van der Waals surface area contributed by atoms with Crippen LogP contribution in [0, 0.1) is 6.92 Å².